The summed E-state index contributed by atoms with van der Waals surface area (Å²) in [6.45, 7) is -0.421. The van der Waals surface area contributed by atoms with Gasteiger partial charge >= 0.3 is 6.09 Å². The van der Waals surface area contributed by atoms with Gasteiger partial charge in [-0.2, -0.15) is 0 Å². The zero-order valence-corrected chi connectivity index (χ0v) is 28.7. The number of nitrogens with zero attached hydrogens (tertiary/aromatic N) is 4. The summed E-state index contributed by atoms with van der Waals surface area (Å²) < 4.78 is 32.0. The summed E-state index contributed by atoms with van der Waals surface area (Å²) in [5, 5.41) is 16.0. The highest BCUT2D eigenvalue weighted by Gasteiger charge is 2.26. The van der Waals surface area contributed by atoms with Gasteiger partial charge in [0.15, 0.2) is 0 Å². The van der Waals surface area contributed by atoms with Crippen molar-refractivity contribution in [2.45, 2.75) is 38.4 Å². The molecule has 0 spiro atoms. The van der Waals surface area contributed by atoms with Crippen molar-refractivity contribution in [1.82, 2.24) is 29.9 Å². The molecule has 0 aliphatic carbocycles. The van der Waals surface area contributed by atoms with Gasteiger partial charge in [0, 0.05) is 71.3 Å². The molecule has 0 radical (unpaired) electrons. The van der Waals surface area contributed by atoms with Crippen molar-refractivity contribution in [3.05, 3.63) is 105 Å². The molecule has 5 aromatic rings. The zero-order chi connectivity index (χ0) is 36.2. The summed E-state index contributed by atoms with van der Waals surface area (Å²) in [4.78, 5) is 46.9. The molecule has 2 aromatic carbocycles. The first-order valence-electron chi connectivity index (χ1n) is 15.9. The Bertz CT molecular complexity index is 2180. The largest absolute Gasteiger partial charge is 0.481 e. The van der Waals surface area contributed by atoms with Crippen LogP contribution in [0.3, 0.4) is 0 Å². The number of nitrogens with one attached hydrogen (secondary N) is 2. The van der Waals surface area contributed by atoms with Crippen LogP contribution in [-0.4, -0.2) is 69.0 Å². The molecule has 3 aromatic heterocycles. The van der Waals surface area contributed by atoms with E-state index >= 15 is 0 Å². The van der Waals surface area contributed by atoms with E-state index in [4.69, 9.17) is 27.9 Å². The van der Waals surface area contributed by atoms with Gasteiger partial charge in [-0.25, -0.2) is 23.5 Å². The SMILES string of the molecule is COc1nc(-c2cccc(-c3cccc(-c4ccn5c(=O)c(CNCC(F)F)cnc5c4)c3Cl)c2Cl)ccc1CN(C[C@@H]1CCC(=O)N1)C(=O)O. The van der Waals surface area contributed by atoms with Crippen molar-refractivity contribution in [2.24, 2.45) is 0 Å². The molecule has 1 saturated heterocycles. The first kappa shape index (κ1) is 35.7. The summed E-state index contributed by atoms with van der Waals surface area (Å²) in [5.74, 6) is 0.137. The van der Waals surface area contributed by atoms with E-state index in [9.17, 15) is 28.3 Å². The number of carboxylic acid groups (broad SMARTS) is 1. The smallest absolute Gasteiger partial charge is 0.407 e. The van der Waals surface area contributed by atoms with Crippen molar-refractivity contribution in [1.29, 1.82) is 0 Å². The van der Waals surface area contributed by atoms with Gasteiger partial charge in [0.1, 0.15) is 5.65 Å². The number of hydrogen-bond donors (Lipinski definition) is 3. The van der Waals surface area contributed by atoms with Gasteiger partial charge in [0.2, 0.25) is 11.8 Å². The highest BCUT2D eigenvalue weighted by molar-refractivity contribution is 6.39. The van der Waals surface area contributed by atoms with Crippen LogP contribution in [0.4, 0.5) is 13.6 Å². The van der Waals surface area contributed by atoms with E-state index in [0.29, 0.717) is 67.6 Å². The average molecular weight is 738 g/mol. The molecule has 6 rings (SSSR count). The molecule has 11 nitrogen and oxygen atoms in total. The lowest BCUT2D eigenvalue weighted by molar-refractivity contribution is -0.119. The molecule has 1 aliphatic heterocycles. The Balaban J connectivity index is 1.28. The fourth-order valence-corrected chi connectivity index (χ4v) is 6.69. The third-order valence-corrected chi connectivity index (χ3v) is 9.37. The Morgan fingerprint density at radius 1 is 1.06 bits per heavy atom. The molecule has 0 unspecified atom stereocenters. The van der Waals surface area contributed by atoms with Crippen LogP contribution >= 0.6 is 23.2 Å². The zero-order valence-electron chi connectivity index (χ0n) is 27.2. The van der Waals surface area contributed by atoms with E-state index in [2.05, 4.69) is 20.6 Å². The summed E-state index contributed by atoms with van der Waals surface area (Å²) in [6, 6.07) is 17.6. The third-order valence-electron chi connectivity index (χ3n) is 8.56. The molecule has 4 heterocycles. The first-order valence-corrected chi connectivity index (χ1v) is 16.7. The van der Waals surface area contributed by atoms with Crippen LogP contribution in [-0.2, 0) is 17.9 Å². The number of pyridine rings is 2. The van der Waals surface area contributed by atoms with E-state index in [1.165, 1.54) is 22.6 Å². The lowest BCUT2D eigenvalue weighted by atomic mass is 9.97. The number of halogens is 4. The second kappa shape index (κ2) is 15.4. The molecule has 15 heteroatoms. The number of carbonyl (C=O) groups excluding carboxylic acids is 1. The molecular formula is C36H32Cl2F2N6O5. The van der Waals surface area contributed by atoms with Gasteiger partial charge in [-0.3, -0.25) is 14.0 Å². The van der Waals surface area contributed by atoms with E-state index in [1.807, 2.05) is 30.3 Å². The number of fused-ring (bicyclic) bond motifs is 1. The molecule has 1 fully saturated rings. The number of methoxy groups -OCH3 is 1. The predicted octanol–water partition coefficient (Wildman–Crippen LogP) is 6.52. The maximum absolute atomic E-state index is 13.0. The third kappa shape index (κ3) is 7.80. The Labute approximate surface area is 300 Å². The molecule has 0 bridgehead atoms. The topological polar surface area (TPSA) is 138 Å². The maximum atomic E-state index is 13.0. The molecule has 2 amide bonds. The average Bonchev–Trinajstić information content (AvgIpc) is 3.53. The van der Waals surface area contributed by atoms with Crippen molar-refractivity contribution < 1.29 is 28.2 Å². The molecule has 0 saturated carbocycles. The number of aromatic nitrogens is 3. The van der Waals surface area contributed by atoms with Gasteiger partial charge in [-0.15, -0.1) is 0 Å². The minimum atomic E-state index is -2.53. The lowest BCUT2D eigenvalue weighted by Gasteiger charge is -2.23. The van der Waals surface area contributed by atoms with Gasteiger partial charge in [-0.05, 0) is 36.2 Å². The number of ether oxygens (including phenoxy) is 1. The molecular weight excluding hydrogens is 705 g/mol. The Morgan fingerprint density at radius 2 is 1.76 bits per heavy atom. The quantitative estimate of drug-likeness (QED) is 0.132. The monoisotopic (exact) mass is 736 g/mol. The molecule has 3 N–H and O–H groups in total. The molecule has 51 heavy (non-hydrogen) atoms. The molecule has 1 atom stereocenters. The second-order valence-corrected chi connectivity index (χ2v) is 12.7. The lowest BCUT2D eigenvalue weighted by Crippen LogP contribution is -2.41. The fourth-order valence-electron chi connectivity index (χ4n) is 6.03. The van der Waals surface area contributed by atoms with Crippen molar-refractivity contribution in [3.8, 4) is 39.4 Å². The van der Waals surface area contributed by atoms with Crippen LogP contribution < -0.4 is 20.9 Å². The van der Waals surface area contributed by atoms with Crippen LogP contribution in [0.15, 0.2) is 77.9 Å². The summed E-state index contributed by atoms with van der Waals surface area (Å²) in [6.07, 6.45) is 0.213. The normalized spacial score (nSPS) is 14.2. The Hall–Kier alpha value is -5.11. The van der Waals surface area contributed by atoms with E-state index < -0.39 is 19.1 Å². The second-order valence-electron chi connectivity index (χ2n) is 11.9. The summed E-state index contributed by atoms with van der Waals surface area (Å²) in [5.41, 5.74) is 4.52. The Kier molecular flexibility index (Phi) is 10.8. The van der Waals surface area contributed by atoms with E-state index in [1.54, 1.807) is 36.5 Å². The molecule has 1 aliphatic rings. The summed E-state index contributed by atoms with van der Waals surface area (Å²) >= 11 is 14.0. The number of alkyl halides is 2. The van der Waals surface area contributed by atoms with Crippen LogP contribution in [0.25, 0.3) is 39.2 Å². The van der Waals surface area contributed by atoms with Crippen molar-refractivity contribution >= 4 is 40.8 Å². The number of rotatable bonds is 12. The van der Waals surface area contributed by atoms with Crippen molar-refractivity contribution in [2.75, 3.05) is 20.2 Å². The predicted molar refractivity (Wildman–Crippen MR) is 189 cm³/mol. The van der Waals surface area contributed by atoms with Crippen molar-refractivity contribution in [3.63, 3.8) is 0 Å². The number of carbonyl (C=O) groups is 2. The van der Waals surface area contributed by atoms with Gasteiger partial charge in [0.05, 0.1) is 35.9 Å². The van der Waals surface area contributed by atoms with Crippen LogP contribution in [0.1, 0.15) is 24.0 Å². The van der Waals surface area contributed by atoms with Crippen LogP contribution in [0, 0.1) is 0 Å². The van der Waals surface area contributed by atoms with E-state index in [0.717, 1.165) is 0 Å². The minimum Gasteiger partial charge on any atom is -0.481 e. The highest BCUT2D eigenvalue weighted by Crippen LogP contribution is 2.42. The fraction of sp³-hybridized carbons (Fsp3) is 0.250. The van der Waals surface area contributed by atoms with E-state index in [-0.39, 0.29) is 48.6 Å². The standard InChI is InChI=1S/C36H32Cl2F2N6O5/c1-51-34-21(18-45(36(49)50)19-23-9-11-31(47)43-23)8-10-28(44-34)27-7-3-6-26(33(27)38)25-5-2-4-24(32(25)37)20-12-13-46-30(14-20)42-16-22(35(46)48)15-41-17-29(39)40/h2-8,10,12-14,16,23,29,41H,9,11,15,17-19H2,1H3,(H,43,47)(H,49,50)/t23-/m0/s1. The Morgan fingerprint density at radius 3 is 2.43 bits per heavy atom. The maximum Gasteiger partial charge on any atom is 0.407 e. The molecule has 264 valence electrons. The van der Waals surface area contributed by atoms with Crippen LogP contribution in [0.2, 0.25) is 10.0 Å². The van der Waals surface area contributed by atoms with Crippen LogP contribution in [0.5, 0.6) is 5.88 Å². The highest BCUT2D eigenvalue weighted by atomic mass is 35.5. The minimum absolute atomic E-state index is 0.00688. The van der Waals surface area contributed by atoms with Gasteiger partial charge in [0.25, 0.3) is 12.0 Å². The number of amides is 2. The van der Waals surface area contributed by atoms with Gasteiger partial charge in [-0.1, -0.05) is 59.6 Å². The number of hydrogen-bond acceptors (Lipinski definition) is 7. The van der Waals surface area contributed by atoms with Gasteiger partial charge < -0.3 is 25.4 Å². The summed E-state index contributed by atoms with van der Waals surface area (Å²) in [7, 11) is 1.45. The first-order chi connectivity index (χ1) is 24.5. The number of benzene rings is 2.